The van der Waals surface area contributed by atoms with Gasteiger partial charge in [0.2, 0.25) is 0 Å². The molecule has 144 valence electrons. The van der Waals surface area contributed by atoms with Gasteiger partial charge in [-0.25, -0.2) is 0 Å². The molecule has 3 aliphatic rings. The Hall–Kier alpha value is -3.40. The molecule has 4 nitrogen and oxygen atoms in total. The summed E-state index contributed by atoms with van der Waals surface area (Å²) in [4.78, 5) is 29.2. The van der Waals surface area contributed by atoms with E-state index in [-0.39, 0.29) is 11.8 Å². The first-order valence-corrected chi connectivity index (χ1v) is 10.00. The Bertz CT molecular complexity index is 1250. The highest BCUT2D eigenvalue weighted by Crippen LogP contribution is 2.45. The quantitative estimate of drug-likeness (QED) is 0.702. The van der Waals surface area contributed by atoms with Crippen molar-refractivity contribution in [2.24, 2.45) is 5.92 Å². The first kappa shape index (κ1) is 17.7. The Labute approximate surface area is 169 Å². The SMILES string of the molecule is C=CC1=C(/C=C\C)c2c(c3c(c4c5c([nH]c24)C=CC(C)C=C5)C(=O)NC3=O)CC1. The van der Waals surface area contributed by atoms with Gasteiger partial charge >= 0.3 is 0 Å². The summed E-state index contributed by atoms with van der Waals surface area (Å²) in [6.45, 7) is 8.10. The number of nitrogens with one attached hydrogen (secondary N) is 2. The van der Waals surface area contributed by atoms with E-state index in [9.17, 15) is 9.59 Å². The monoisotopic (exact) mass is 382 g/mol. The normalized spacial score (nSPS) is 20.1. The van der Waals surface area contributed by atoms with E-state index in [0.717, 1.165) is 50.9 Å². The second kappa shape index (κ2) is 6.31. The van der Waals surface area contributed by atoms with Crippen molar-refractivity contribution in [3.05, 3.63) is 76.0 Å². The third-order valence-corrected chi connectivity index (χ3v) is 6.08. The number of amides is 2. The topological polar surface area (TPSA) is 62.0 Å². The molecule has 2 aromatic rings. The highest BCUT2D eigenvalue weighted by Gasteiger charge is 2.37. The third-order valence-electron chi connectivity index (χ3n) is 6.08. The minimum absolute atomic E-state index is 0.290. The number of H-pyrrole nitrogens is 1. The molecule has 1 aliphatic heterocycles. The van der Waals surface area contributed by atoms with Crippen LogP contribution in [0, 0.1) is 5.92 Å². The molecule has 0 saturated carbocycles. The Morgan fingerprint density at radius 3 is 2.59 bits per heavy atom. The Morgan fingerprint density at radius 2 is 1.83 bits per heavy atom. The van der Waals surface area contributed by atoms with E-state index in [1.165, 1.54) is 0 Å². The molecule has 0 bridgehead atoms. The molecule has 4 heteroatoms. The van der Waals surface area contributed by atoms with Gasteiger partial charge in [0.05, 0.1) is 16.6 Å². The summed E-state index contributed by atoms with van der Waals surface area (Å²) in [6.07, 6.45) is 15.9. The zero-order valence-electron chi connectivity index (χ0n) is 16.6. The van der Waals surface area contributed by atoms with E-state index in [4.69, 9.17) is 0 Å². The van der Waals surface area contributed by atoms with Gasteiger partial charge in [0, 0.05) is 22.2 Å². The second-order valence-electron chi connectivity index (χ2n) is 7.81. The highest BCUT2D eigenvalue weighted by molar-refractivity contribution is 6.29. The minimum Gasteiger partial charge on any atom is -0.354 e. The summed E-state index contributed by atoms with van der Waals surface area (Å²) in [5, 5.41) is 3.36. The van der Waals surface area contributed by atoms with Gasteiger partial charge in [-0.3, -0.25) is 14.9 Å². The van der Waals surface area contributed by atoms with Crippen LogP contribution in [0.25, 0.3) is 28.6 Å². The Morgan fingerprint density at radius 1 is 1.07 bits per heavy atom. The number of carbonyl (C=O) groups excluding carboxylic acids is 2. The summed E-state index contributed by atoms with van der Waals surface area (Å²) in [6, 6.07) is 0. The van der Waals surface area contributed by atoms with Crippen molar-refractivity contribution in [3.63, 3.8) is 0 Å². The lowest BCUT2D eigenvalue weighted by Gasteiger charge is -2.23. The molecular formula is C25H22N2O2. The average Bonchev–Trinajstić information content (AvgIpc) is 3.14. The summed E-state index contributed by atoms with van der Waals surface area (Å²) < 4.78 is 0. The van der Waals surface area contributed by atoms with Gasteiger partial charge in [-0.2, -0.15) is 0 Å². The number of hydrogen-bond acceptors (Lipinski definition) is 2. The maximum Gasteiger partial charge on any atom is 0.259 e. The summed E-state index contributed by atoms with van der Waals surface area (Å²) >= 11 is 0. The fourth-order valence-corrected chi connectivity index (χ4v) is 4.77. The van der Waals surface area contributed by atoms with Gasteiger partial charge in [0.15, 0.2) is 0 Å². The predicted octanol–water partition coefficient (Wildman–Crippen LogP) is 5.19. The first-order valence-electron chi connectivity index (χ1n) is 10.00. The van der Waals surface area contributed by atoms with Crippen LogP contribution >= 0.6 is 0 Å². The molecule has 1 atom stereocenters. The molecule has 2 N–H and O–H groups in total. The molecule has 0 spiro atoms. The number of benzene rings is 1. The largest absolute Gasteiger partial charge is 0.354 e. The molecule has 2 amide bonds. The number of allylic oxidation sites excluding steroid dienone is 7. The van der Waals surface area contributed by atoms with Crippen molar-refractivity contribution in [1.82, 2.24) is 10.3 Å². The summed E-state index contributed by atoms with van der Waals surface area (Å²) in [5.41, 5.74) is 8.11. The van der Waals surface area contributed by atoms with Crippen LogP contribution in [0.4, 0.5) is 0 Å². The van der Waals surface area contributed by atoms with Gasteiger partial charge < -0.3 is 4.98 Å². The fourth-order valence-electron chi connectivity index (χ4n) is 4.77. The number of carbonyl (C=O) groups is 2. The predicted molar refractivity (Wildman–Crippen MR) is 118 cm³/mol. The van der Waals surface area contributed by atoms with Gasteiger partial charge in [-0.05, 0) is 48.5 Å². The number of imide groups is 1. The molecular weight excluding hydrogens is 360 g/mol. The minimum atomic E-state index is -0.305. The highest BCUT2D eigenvalue weighted by atomic mass is 16.2. The second-order valence-corrected chi connectivity index (χ2v) is 7.81. The molecule has 1 aromatic carbocycles. The smallest absolute Gasteiger partial charge is 0.259 e. The standard InChI is InChI=1S/C25H22N2O2/c1-4-6-15-14(5-2)9-11-17-19(15)23-20(22-21(17)24(28)27-25(22)29)16-10-7-13(3)8-12-18(16)26-23/h4-8,10,12-13,26H,2,9,11H2,1,3H3,(H,27,28,29)/b6-4-. The number of hydrogen-bond donors (Lipinski definition) is 2. The molecule has 0 radical (unpaired) electrons. The molecule has 0 fully saturated rings. The van der Waals surface area contributed by atoms with Crippen LogP contribution in [-0.4, -0.2) is 16.8 Å². The first-order chi connectivity index (χ1) is 14.0. The van der Waals surface area contributed by atoms with Gasteiger partial charge in [-0.1, -0.05) is 50.0 Å². The molecule has 2 aliphatic carbocycles. The van der Waals surface area contributed by atoms with Crippen LogP contribution in [0.3, 0.4) is 0 Å². The van der Waals surface area contributed by atoms with Crippen molar-refractivity contribution >= 4 is 40.4 Å². The number of fused-ring (bicyclic) bond motifs is 8. The lowest BCUT2D eigenvalue weighted by Crippen LogP contribution is -2.20. The van der Waals surface area contributed by atoms with Crippen LogP contribution in [0.1, 0.15) is 63.4 Å². The van der Waals surface area contributed by atoms with Crippen molar-refractivity contribution in [3.8, 4) is 0 Å². The van der Waals surface area contributed by atoms with Crippen LogP contribution < -0.4 is 5.32 Å². The molecule has 1 aromatic heterocycles. The van der Waals surface area contributed by atoms with E-state index in [1.807, 2.05) is 19.1 Å². The van der Waals surface area contributed by atoms with E-state index < -0.39 is 0 Å². The average molecular weight is 382 g/mol. The van der Waals surface area contributed by atoms with E-state index in [0.29, 0.717) is 23.5 Å². The lowest BCUT2D eigenvalue weighted by atomic mass is 9.79. The zero-order valence-corrected chi connectivity index (χ0v) is 16.6. The van der Waals surface area contributed by atoms with Crippen molar-refractivity contribution in [1.29, 1.82) is 0 Å². The Kier molecular flexibility index (Phi) is 3.85. The molecule has 5 rings (SSSR count). The van der Waals surface area contributed by atoms with Gasteiger partial charge in [-0.15, -0.1) is 0 Å². The lowest BCUT2D eigenvalue weighted by molar-refractivity contribution is 0.0880. The molecule has 29 heavy (non-hydrogen) atoms. The zero-order chi connectivity index (χ0) is 20.3. The number of aromatic nitrogens is 1. The van der Waals surface area contributed by atoms with Crippen molar-refractivity contribution in [2.45, 2.75) is 26.7 Å². The van der Waals surface area contributed by atoms with Gasteiger partial charge in [0.25, 0.3) is 11.8 Å². The fraction of sp³-hybridized carbons (Fsp3) is 0.200. The number of rotatable bonds is 2. The molecule has 2 heterocycles. The van der Waals surface area contributed by atoms with Crippen LogP contribution in [-0.2, 0) is 6.42 Å². The number of aromatic amines is 1. The van der Waals surface area contributed by atoms with E-state index >= 15 is 0 Å². The van der Waals surface area contributed by atoms with Crippen molar-refractivity contribution < 1.29 is 9.59 Å². The van der Waals surface area contributed by atoms with Crippen LogP contribution in [0.2, 0.25) is 0 Å². The van der Waals surface area contributed by atoms with E-state index in [2.05, 4.69) is 54.2 Å². The van der Waals surface area contributed by atoms with Crippen LogP contribution in [0.5, 0.6) is 0 Å². The maximum absolute atomic E-state index is 12.8. The summed E-state index contributed by atoms with van der Waals surface area (Å²) in [5.74, 6) is -0.292. The van der Waals surface area contributed by atoms with Crippen molar-refractivity contribution in [2.75, 3.05) is 0 Å². The summed E-state index contributed by atoms with van der Waals surface area (Å²) in [7, 11) is 0. The van der Waals surface area contributed by atoms with E-state index in [1.54, 1.807) is 0 Å². The maximum atomic E-state index is 12.8. The van der Waals surface area contributed by atoms with Gasteiger partial charge in [0.1, 0.15) is 0 Å². The molecule has 1 unspecified atom stereocenters. The van der Waals surface area contributed by atoms with Crippen LogP contribution in [0.15, 0.2) is 42.5 Å². The third kappa shape index (κ3) is 2.38. The molecule has 0 saturated heterocycles. The Balaban J connectivity index is 2.00.